The van der Waals surface area contributed by atoms with Crippen molar-refractivity contribution in [2.75, 3.05) is 20.7 Å². The van der Waals surface area contributed by atoms with E-state index in [1.54, 1.807) is 30.6 Å². The zero-order valence-corrected chi connectivity index (χ0v) is 18.1. The summed E-state index contributed by atoms with van der Waals surface area (Å²) in [5.74, 6) is 1.58. The lowest BCUT2D eigenvalue weighted by molar-refractivity contribution is 0.258. The summed E-state index contributed by atoms with van der Waals surface area (Å²) in [5.41, 5.74) is 4.91. The molecule has 0 bridgehead atoms. The van der Waals surface area contributed by atoms with Gasteiger partial charge in [-0.05, 0) is 65.6 Å². The zero-order valence-electron chi connectivity index (χ0n) is 17.2. The minimum Gasteiger partial charge on any atom is -0.493 e. The van der Waals surface area contributed by atoms with Gasteiger partial charge in [0.1, 0.15) is 11.6 Å². The van der Waals surface area contributed by atoms with Crippen molar-refractivity contribution in [2.45, 2.75) is 17.2 Å². The normalized spacial score (nSPS) is 16.3. The average Bonchev–Trinajstić information content (AvgIpc) is 3.22. The van der Waals surface area contributed by atoms with Gasteiger partial charge in [-0.1, -0.05) is 6.07 Å². The highest BCUT2D eigenvalue weighted by molar-refractivity contribution is 7.89. The fraction of sp³-hybridized carbons (Fsp3) is 0.217. The molecule has 4 aromatic rings. The van der Waals surface area contributed by atoms with Crippen molar-refractivity contribution in [3.63, 3.8) is 0 Å². The Balaban J connectivity index is 1.46. The summed E-state index contributed by atoms with van der Waals surface area (Å²) in [5, 5.41) is 0. The molecule has 2 aromatic heterocycles. The maximum absolute atomic E-state index is 12.5. The van der Waals surface area contributed by atoms with Gasteiger partial charge in [0.15, 0.2) is 0 Å². The second kappa shape index (κ2) is 7.47. The number of ether oxygens (including phenoxy) is 1. The van der Waals surface area contributed by atoms with Gasteiger partial charge in [-0.3, -0.25) is 4.98 Å². The molecule has 158 valence electrons. The molecule has 31 heavy (non-hydrogen) atoms. The zero-order chi connectivity index (χ0) is 21.6. The molecule has 0 saturated heterocycles. The Morgan fingerprint density at radius 1 is 1.03 bits per heavy atom. The number of aromatic amines is 1. The molecule has 7 nitrogen and oxygen atoms in total. The molecule has 0 fully saturated rings. The van der Waals surface area contributed by atoms with E-state index < -0.39 is 10.0 Å². The molecule has 0 aliphatic carbocycles. The fourth-order valence-corrected chi connectivity index (χ4v) is 4.82. The van der Waals surface area contributed by atoms with Gasteiger partial charge in [-0.25, -0.2) is 17.7 Å². The third kappa shape index (κ3) is 3.58. The van der Waals surface area contributed by atoms with Gasteiger partial charge in [0.2, 0.25) is 10.0 Å². The Hall–Kier alpha value is -3.23. The smallest absolute Gasteiger partial charge is 0.242 e. The highest BCUT2D eigenvalue weighted by Gasteiger charge is 2.26. The number of nitrogens with zero attached hydrogens (tertiary/aromatic N) is 3. The third-order valence-electron chi connectivity index (χ3n) is 5.62. The van der Waals surface area contributed by atoms with Gasteiger partial charge in [0.05, 0.1) is 28.5 Å². The second-order valence-corrected chi connectivity index (χ2v) is 10.0. The average molecular weight is 435 g/mol. The van der Waals surface area contributed by atoms with Crippen LogP contribution in [-0.4, -0.2) is 48.4 Å². The van der Waals surface area contributed by atoms with Crippen molar-refractivity contribution in [3.8, 4) is 16.9 Å². The van der Waals surface area contributed by atoms with Crippen LogP contribution in [0.3, 0.4) is 0 Å². The third-order valence-corrected chi connectivity index (χ3v) is 7.43. The van der Waals surface area contributed by atoms with Crippen LogP contribution in [0.1, 0.15) is 17.3 Å². The number of fused-ring (bicyclic) bond motifs is 2. The molecule has 5 rings (SSSR count). The summed E-state index contributed by atoms with van der Waals surface area (Å²) >= 11 is 0. The number of imidazole rings is 1. The first kappa shape index (κ1) is 19.7. The van der Waals surface area contributed by atoms with Gasteiger partial charge in [-0.15, -0.1) is 0 Å². The van der Waals surface area contributed by atoms with E-state index in [-0.39, 0.29) is 10.8 Å². The lowest BCUT2D eigenvalue weighted by Crippen LogP contribution is -2.24. The van der Waals surface area contributed by atoms with E-state index in [2.05, 4.69) is 16.0 Å². The standard InChI is InChI=1S/C23H22N4O3S/c1-27(2)31(28,29)19-4-6-22-17(12-19)11-18(14-30-22)23-25-20-5-3-16(13-21(20)26-23)15-7-9-24-10-8-15/h3-10,12-13,18H,11,14H2,1-2H3,(H,25,26). The Morgan fingerprint density at radius 2 is 1.84 bits per heavy atom. The number of benzene rings is 2. The monoisotopic (exact) mass is 434 g/mol. The van der Waals surface area contributed by atoms with Crippen LogP contribution in [0.5, 0.6) is 5.75 Å². The summed E-state index contributed by atoms with van der Waals surface area (Å²) in [6.45, 7) is 0.490. The lowest BCUT2D eigenvalue weighted by Gasteiger charge is -2.24. The SMILES string of the molecule is CN(C)S(=O)(=O)c1ccc2c(c1)CC(c1nc3ccc(-c4ccncc4)cc3[nH]1)CO2. The van der Waals surface area contributed by atoms with E-state index in [1.165, 1.54) is 18.4 Å². The first-order valence-corrected chi connectivity index (χ1v) is 11.4. The van der Waals surface area contributed by atoms with E-state index in [9.17, 15) is 8.42 Å². The summed E-state index contributed by atoms with van der Waals surface area (Å²) < 4.78 is 32.1. The van der Waals surface area contributed by atoms with Crippen LogP contribution >= 0.6 is 0 Å². The number of pyridine rings is 1. The number of sulfonamides is 1. The summed E-state index contributed by atoms with van der Waals surface area (Å²) in [6.07, 6.45) is 4.21. The predicted molar refractivity (Wildman–Crippen MR) is 119 cm³/mol. The minimum absolute atomic E-state index is 0.0154. The highest BCUT2D eigenvalue weighted by atomic mass is 32.2. The number of hydrogen-bond donors (Lipinski definition) is 1. The van der Waals surface area contributed by atoms with Gasteiger partial charge < -0.3 is 9.72 Å². The van der Waals surface area contributed by atoms with E-state index in [1.807, 2.05) is 24.3 Å². The van der Waals surface area contributed by atoms with Gasteiger partial charge in [0, 0.05) is 26.5 Å². The van der Waals surface area contributed by atoms with Crippen molar-refractivity contribution in [1.29, 1.82) is 0 Å². The minimum atomic E-state index is -3.49. The molecule has 1 unspecified atom stereocenters. The first-order valence-electron chi connectivity index (χ1n) is 10.00. The Kier molecular flexibility index (Phi) is 4.75. The molecule has 0 radical (unpaired) electrons. The number of H-pyrrole nitrogens is 1. The molecule has 0 amide bonds. The van der Waals surface area contributed by atoms with E-state index in [0.717, 1.165) is 39.3 Å². The van der Waals surface area contributed by atoms with Crippen LogP contribution in [0.15, 0.2) is 65.8 Å². The maximum Gasteiger partial charge on any atom is 0.242 e. The molecule has 1 aliphatic heterocycles. The summed E-state index contributed by atoms with van der Waals surface area (Å²) in [4.78, 5) is 12.5. The van der Waals surface area contributed by atoms with E-state index in [0.29, 0.717) is 13.0 Å². The molecule has 1 atom stereocenters. The molecule has 3 heterocycles. The van der Waals surface area contributed by atoms with Crippen LogP contribution in [0.25, 0.3) is 22.2 Å². The Bertz CT molecular complexity index is 1360. The predicted octanol–water partition coefficient (Wildman–Crippen LogP) is 3.59. The topological polar surface area (TPSA) is 88.2 Å². The Labute approximate surface area is 180 Å². The van der Waals surface area contributed by atoms with Gasteiger partial charge in [-0.2, -0.15) is 0 Å². The molecule has 2 aromatic carbocycles. The van der Waals surface area contributed by atoms with Crippen molar-refractivity contribution >= 4 is 21.1 Å². The molecular formula is C23H22N4O3S. The highest BCUT2D eigenvalue weighted by Crippen LogP contribution is 2.34. The van der Waals surface area contributed by atoms with Crippen molar-refractivity contribution in [3.05, 3.63) is 72.3 Å². The molecule has 1 N–H and O–H groups in total. The number of aromatic nitrogens is 3. The van der Waals surface area contributed by atoms with Gasteiger partial charge >= 0.3 is 0 Å². The quantitative estimate of drug-likeness (QED) is 0.530. The summed E-state index contributed by atoms with van der Waals surface area (Å²) in [7, 11) is -0.433. The van der Waals surface area contributed by atoms with Crippen molar-refractivity contribution in [2.24, 2.45) is 0 Å². The molecule has 8 heteroatoms. The summed E-state index contributed by atoms with van der Waals surface area (Å²) in [6, 6.07) is 15.1. The van der Waals surface area contributed by atoms with E-state index in [4.69, 9.17) is 9.72 Å². The number of hydrogen-bond acceptors (Lipinski definition) is 5. The number of rotatable bonds is 4. The van der Waals surface area contributed by atoms with Crippen LogP contribution in [-0.2, 0) is 16.4 Å². The molecule has 0 spiro atoms. The first-order chi connectivity index (χ1) is 14.9. The maximum atomic E-state index is 12.5. The van der Waals surface area contributed by atoms with Crippen molar-refractivity contribution in [1.82, 2.24) is 19.3 Å². The fourth-order valence-electron chi connectivity index (χ4n) is 3.86. The van der Waals surface area contributed by atoms with Crippen LogP contribution in [0.2, 0.25) is 0 Å². The van der Waals surface area contributed by atoms with Crippen LogP contribution in [0, 0.1) is 0 Å². The molecule has 1 aliphatic rings. The van der Waals surface area contributed by atoms with Crippen LogP contribution < -0.4 is 4.74 Å². The largest absolute Gasteiger partial charge is 0.493 e. The molecular weight excluding hydrogens is 412 g/mol. The lowest BCUT2D eigenvalue weighted by atomic mass is 9.96. The van der Waals surface area contributed by atoms with Crippen molar-refractivity contribution < 1.29 is 13.2 Å². The van der Waals surface area contributed by atoms with Gasteiger partial charge in [0.25, 0.3) is 0 Å². The molecule has 0 saturated carbocycles. The number of nitrogens with one attached hydrogen (secondary N) is 1. The van der Waals surface area contributed by atoms with E-state index >= 15 is 0 Å². The Morgan fingerprint density at radius 3 is 2.61 bits per heavy atom. The second-order valence-electron chi connectivity index (χ2n) is 7.86. The van der Waals surface area contributed by atoms with Crippen LogP contribution in [0.4, 0.5) is 0 Å².